The lowest BCUT2D eigenvalue weighted by molar-refractivity contribution is -0.115. The SMILES string of the molecule is CCOC(CC#N)OC. The summed E-state index contributed by atoms with van der Waals surface area (Å²) in [5.74, 6) is 0. The number of hydrogen-bond acceptors (Lipinski definition) is 3. The van der Waals surface area contributed by atoms with E-state index in [-0.39, 0.29) is 6.29 Å². The van der Waals surface area contributed by atoms with Crippen LogP contribution in [0.5, 0.6) is 0 Å². The Kier molecular flexibility index (Phi) is 5.18. The van der Waals surface area contributed by atoms with Crippen LogP contribution in [0.15, 0.2) is 0 Å². The molecule has 3 nitrogen and oxygen atoms in total. The molecule has 0 saturated carbocycles. The van der Waals surface area contributed by atoms with E-state index < -0.39 is 0 Å². The molecule has 0 fully saturated rings. The van der Waals surface area contributed by atoms with Crippen molar-refractivity contribution in [3.63, 3.8) is 0 Å². The van der Waals surface area contributed by atoms with Crippen molar-refractivity contribution >= 4 is 0 Å². The maximum atomic E-state index is 8.18. The first-order chi connectivity index (χ1) is 4.35. The number of nitriles is 1. The summed E-state index contributed by atoms with van der Waals surface area (Å²) in [6, 6.07) is 1.95. The van der Waals surface area contributed by atoms with Crippen LogP contribution in [-0.2, 0) is 9.47 Å². The summed E-state index contributed by atoms with van der Waals surface area (Å²) in [7, 11) is 1.53. The Balaban J connectivity index is 3.32. The molecular formula is C6H11NO2. The molecule has 0 spiro atoms. The molecule has 0 rings (SSSR count). The molecule has 9 heavy (non-hydrogen) atoms. The quantitative estimate of drug-likeness (QED) is 0.530. The van der Waals surface area contributed by atoms with E-state index in [1.807, 2.05) is 13.0 Å². The fraction of sp³-hybridized carbons (Fsp3) is 0.833. The van der Waals surface area contributed by atoms with Crippen molar-refractivity contribution in [2.45, 2.75) is 19.6 Å². The Morgan fingerprint density at radius 1 is 1.67 bits per heavy atom. The Morgan fingerprint density at radius 2 is 2.33 bits per heavy atom. The minimum Gasteiger partial charge on any atom is -0.355 e. The first-order valence-corrected chi connectivity index (χ1v) is 2.86. The van der Waals surface area contributed by atoms with Crippen molar-refractivity contribution in [1.82, 2.24) is 0 Å². The number of nitrogens with zero attached hydrogens (tertiary/aromatic N) is 1. The summed E-state index contributed by atoms with van der Waals surface area (Å²) in [6.45, 7) is 2.45. The first kappa shape index (κ1) is 8.41. The van der Waals surface area contributed by atoms with Crippen LogP contribution < -0.4 is 0 Å². The zero-order valence-electron chi connectivity index (χ0n) is 5.76. The zero-order chi connectivity index (χ0) is 7.11. The molecule has 0 heterocycles. The third-order valence-electron chi connectivity index (χ3n) is 0.873. The van der Waals surface area contributed by atoms with Gasteiger partial charge in [0, 0.05) is 13.7 Å². The van der Waals surface area contributed by atoms with Crippen LogP contribution in [-0.4, -0.2) is 20.0 Å². The second-order valence-corrected chi connectivity index (χ2v) is 1.48. The molecule has 0 aromatic rings. The fourth-order valence-corrected chi connectivity index (χ4v) is 0.471. The van der Waals surface area contributed by atoms with E-state index >= 15 is 0 Å². The minimum atomic E-state index is -0.347. The minimum absolute atomic E-state index is 0.296. The monoisotopic (exact) mass is 129 g/mol. The normalized spacial score (nSPS) is 12.6. The van der Waals surface area contributed by atoms with E-state index in [2.05, 4.69) is 0 Å². The summed E-state index contributed by atoms with van der Waals surface area (Å²) in [4.78, 5) is 0. The molecule has 0 amide bonds. The highest BCUT2D eigenvalue weighted by atomic mass is 16.7. The van der Waals surface area contributed by atoms with Crippen LogP contribution in [0.1, 0.15) is 13.3 Å². The maximum Gasteiger partial charge on any atom is 0.170 e. The van der Waals surface area contributed by atoms with Gasteiger partial charge in [0.2, 0.25) is 0 Å². The number of hydrogen-bond donors (Lipinski definition) is 0. The average Bonchev–Trinajstić information content (AvgIpc) is 1.88. The van der Waals surface area contributed by atoms with Crippen LogP contribution in [0, 0.1) is 11.3 Å². The van der Waals surface area contributed by atoms with Gasteiger partial charge in [-0.3, -0.25) is 0 Å². The predicted octanol–water partition coefficient (Wildman–Crippen LogP) is 0.909. The summed E-state index contributed by atoms with van der Waals surface area (Å²) in [5.41, 5.74) is 0. The van der Waals surface area contributed by atoms with Crippen LogP contribution in [0.2, 0.25) is 0 Å². The molecule has 0 radical (unpaired) electrons. The number of rotatable bonds is 4. The second kappa shape index (κ2) is 5.54. The summed E-state index contributed by atoms with van der Waals surface area (Å²) in [6.07, 6.45) is -0.0513. The molecule has 0 N–H and O–H groups in total. The molecule has 0 saturated heterocycles. The van der Waals surface area contributed by atoms with Gasteiger partial charge >= 0.3 is 0 Å². The zero-order valence-corrected chi connectivity index (χ0v) is 5.76. The molecule has 0 aromatic carbocycles. The third kappa shape index (κ3) is 3.95. The van der Waals surface area contributed by atoms with Gasteiger partial charge in [0.1, 0.15) is 0 Å². The van der Waals surface area contributed by atoms with E-state index in [1.54, 1.807) is 0 Å². The lowest BCUT2D eigenvalue weighted by Gasteiger charge is -2.09. The van der Waals surface area contributed by atoms with Crippen LogP contribution in [0.3, 0.4) is 0 Å². The summed E-state index contributed by atoms with van der Waals surface area (Å²) >= 11 is 0. The van der Waals surface area contributed by atoms with Crippen molar-refractivity contribution in [2.75, 3.05) is 13.7 Å². The largest absolute Gasteiger partial charge is 0.355 e. The molecule has 0 aliphatic heterocycles. The predicted molar refractivity (Wildman–Crippen MR) is 32.7 cm³/mol. The van der Waals surface area contributed by atoms with Crippen LogP contribution >= 0.6 is 0 Å². The van der Waals surface area contributed by atoms with Crippen molar-refractivity contribution in [1.29, 1.82) is 5.26 Å². The van der Waals surface area contributed by atoms with Crippen molar-refractivity contribution in [3.8, 4) is 6.07 Å². The lowest BCUT2D eigenvalue weighted by atomic mass is 10.4. The summed E-state index contributed by atoms with van der Waals surface area (Å²) < 4.78 is 9.77. The molecule has 0 aliphatic rings. The van der Waals surface area contributed by atoms with E-state index in [9.17, 15) is 0 Å². The molecule has 0 bridgehead atoms. The Morgan fingerprint density at radius 3 is 2.67 bits per heavy atom. The number of ether oxygens (including phenoxy) is 2. The molecule has 1 unspecified atom stereocenters. The summed E-state index contributed by atoms with van der Waals surface area (Å²) in [5, 5.41) is 8.18. The van der Waals surface area contributed by atoms with E-state index in [4.69, 9.17) is 14.7 Å². The Hall–Kier alpha value is -0.590. The van der Waals surface area contributed by atoms with E-state index in [0.717, 1.165) is 0 Å². The highest BCUT2D eigenvalue weighted by Gasteiger charge is 2.02. The highest BCUT2D eigenvalue weighted by molar-refractivity contribution is 4.70. The Bertz CT molecular complexity index is 97.7. The molecule has 0 aliphatic carbocycles. The van der Waals surface area contributed by atoms with E-state index in [1.165, 1.54) is 7.11 Å². The molecule has 3 heteroatoms. The van der Waals surface area contributed by atoms with Crippen molar-refractivity contribution in [2.24, 2.45) is 0 Å². The maximum absolute atomic E-state index is 8.18. The van der Waals surface area contributed by atoms with Gasteiger partial charge in [0.15, 0.2) is 6.29 Å². The van der Waals surface area contributed by atoms with Gasteiger partial charge in [0.05, 0.1) is 12.5 Å². The van der Waals surface area contributed by atoms with Gasteiger partial charge in [-0.2, -0.15) is 5.26 Å². The third-order valence-corrected chi connectivity index (χ3v) is 0.873. The molecule has 52 valence electrons. The first-order valence-electron chi connectivity index (χ1n) is 2.86. The van der Waals surface area contributed by atoms with Crippen molar-refractivity contribution in [3.05, 3.63) is 0 Å². The topological polar surface area (TPSA) is 42.2 Å². The van der Waals surface area contributed by atoms with Crippen LogP contribution in [0.25, 0.3) is 0 Å². The van der Waals surface area contributed by atoms with Gasteiger partial charge in [-0.15, -0.1) is 0 Å². The van der Waals surface area contributed by atoms with Gasteiger partial charge in [0.25, 0.3) is 0 Å². The van der Waals surface area contributed by atoms with Gasteiger partial charge in [-0.1, -0.05) is 0 Å². The van der Waals surface area contributed by atoms with Gasteiger partial charge < -0.3 is 9.47 Å². The van der Waals surface area contributed by atoms with Crippen molar-refractivity contribution < 1.29 is 9.47 Å². The Labute approximate surface area is 55.2 Å². The van der Waals surface area contributed by atoms with Gasteiger partial charge in [-0.25, -0.2) is 0 Å². The standard InChI is InChI=1S/C6H11NO2/c1-3-9-6(8-2)4-5-7/h6H,3-4H2,1-2H3. The average molecular weight is 129 g/mol. The lowest BCUT2D eigenvalue weighted by Crippen LogP contribution is -2.13. The molecule has 1 atom stereocenters. The molecular weight excluding hydrogens is 118 g/mol. The smallest absolute Gasteiger partial charge is 0.170 e. The fourth-order valence-electron chi connectivity index (χ4n) is 0.471. The highest BCUT2D eigenvalue weighted by Crippen LogP contribution is 1.96. The number of methoxy groups -OCH3 is 1. The molecule has 0 aromatic heterocycles. The van der Waals surface area contributed by atoms with Crippen LogP contribution in [0.4, 0.5) is 0 Å². The second-order valence-electron chi connectivity index (χ2n) is 1.48. The van der Waals surface area contributed by atoms with Gasteiger partial charge in [-0.05, 0) is 6.92 Å². The van der Waals surface area contributed by atoms with E-state index in [0.29, 0.717) is 13.0 Å².